The molecule has 0 radical (unpaired) electrons. The van der Waals surface area contributed by atoms with E-state index < -0.39 is 4.92 Å². The zero-order valence-electron chi connectivity index (χ0n) is 11.9. The lowest BCUT2D eigenvalue weighted by molar-refractivity contribution is -0.384. The van der Waals surface area contributed by atoms with Gasteiger partial charge in [-0.1, -0.05) is 6.07 Å². The minimum absolute atomic E-state index is 0.0392. The first-order chi connectivity index (χ1) is 9.49. The third-order valence-electron chi connectivity index (χ3n) is 3.13. The van der Waals surface area contributed by atoms with Gasteiger partial charge >= 0.3 is 0 Å². The van der Waals surface area contributed by atoms with Gasteiger partial charge in [-0.3, -0.25) is 20.9 Å². The molecule has 112 valence electrons. The molecule has 0 aliphatic heterocycles. The number of nitro groups is 1. The van der Waals surface area contributed by atoms with Crippen LogP contribution in [-0.4, -0.2) is 34.1 Å². The number of anilines is 1. The normalized spacial score (nSPS) is 11.1. The summed E-state index contributed by atoms with van der Waals surface area (Å²) in [5.41, 5.74) is 3.57. The van der Waals surface area contributed by atoms with Gasteiger partial charge in [0.15, 0.2) is 0 Å². The molecule has 20 heavy (non-hydrogen) atoms. The number of rotatable bonds is 8. The van der Waals surface area contributed by atoms with Crippen molar-refractivity contribution in [3.05, 3.63) is 33.9 Å². The molecule has 1 aromatic carbocycles. The largest absolute Gasteiger partial charge is 0.396 e. The highest BCUT2D eigenvalue weighted by molar-refractivity contribution is 5.62. The van der Waals surface area contributed by atoms with Gasteiger partial charge in [0.2, 0.25) is 0 Å². The number of aliphatic hydroxyl groups excluding tert-OH is 1. The number of benzene rings is 1. The maximum atomic E-state index is 10.8. The quantitative estimate of drug-likeness (QED) is 0.379. The molecule has 0 aliphatic rings. The van der Waals surface area contributed by atoms with Gasteiger partial charge in [-0.25, -0.2) is 0 Å². The first-order valence-electron chi connectivity index (χ1n) is 6.58. The molecular formula is C13H22N4O3. The fourth-order valence-corrected chi connectivity index (χ4v) is 1.98. The van der Waals surface area contributed by atoms with Crippen LogP contribution in [0.15, 0.2) is 18.2 Å². The summed E-state index contributed by atoms with van der Waals surface area (Å²) in [6, 6.07) is 5.19. The van der Waals surface area contributed by atoms with Crippen molar-refractivity contribution >= 4 is 11.4 Å². The summed E-state index contributed by atoms with van der Waals surface area (Å²) in [4.78, 5) is 12.6. The Bertz CT molecular complexity index is 451. The van der Waals surface area contributed by atoms with Gasteiger partial charge in [-0.2, -0.15) is 0 Å². The second-order valence-corrected chi connectivity index (χ2v) is 4.89. The van der Waals surface area contributed by atoms with Crippen molar-refractivity contribution < 1.29 is 10.0 Å². The maximum absolute atomic E-state index is 10.8. The predicted molar refractivity (Wildman–Crippen MR) is 78.2 cm³/mol. The lowest BCUT2D eigenvalue weighted by Gasteiger charge is -2.26. The van der Waals surface area contributed by atoms with Crippen LogP contribution in [0.4, 0.5) is 11.4 Å². The number of aliphatic hydroxyl groups is 1. The third kappa shape index (κ3) is 4.44. The number of nitro benzene ring substituents is 1. The molecule has 0 saturated carbocycles. The standard InChI is InChI=1S/C13H22N4O3/c1-10(2)16(6-3-7-18)9-11-4-5-13(17(19)20)12(8-11)15-14/h4-5,8,10,15,18H,3,6-7,9,14H2,1-2H3. The molecule has 7 heteroatoms. The predicted octanol–water partition coefficient (Wildman–Crippen LogP) is 1.47. The summed E-state index contributed by atoms with van der Waals surface area (Å²) in [5.74, 6) is 5.33. The minimum atomic E-state index is -0.467. The Kier molecular flexibility index (Phi) is 6.37. The fourth-order valence-electron chi connectivity index (χ4n) is 1.98. The molecule has 0 aliphatic carbocycles. The van der Waals surface area contributed by atoms with Crippen LogP contribution in [0.2, 0.25) is 0 Å². The van der Waals surface area contributed by atoms with Crippen LogP contribution in [0, 0.1) is 10.1 Å². The Labute approximate surface area is 118 Å². The number of hydrogen-bond donors (Lipinski definition) is 3. The number of hydrazine groups is 1. The fraction of sp³-hybridized carbons (Fsp3) is 0.538. The van der Waals surface area contributed by atoms with Crippen molar-refractivity contribution in [2.75, 3.05) is 18.6 Å². The summed E-state index contributed by atoms with van der Waals surface area (Å²) < 4.78 is 0. The van der Waals surface area contributed by atoms with E-state index in [1.807, 2.05) is 0 Å². The van der Waals surface area contributed by atoms with Crippen LogP contribution in [0.1, 0.15) is 25.8 Å². The Morgan fingerprint density at radius 3 is 2.70 bits per heavy atom. The summed E-state index contributed by atoms with van der Waals surface area (Å²) in [7, 11) is 0. The third-order valence-corrected chi connectivity index (χ3v) is 3.13. The van der Waals surface area contributed by atoms with Crippen LogP contribution < -0.4 is 11.3 Å². The lowest BCUT2D eigenvalue weighted by Crippen LogP contribution is -2.31. The highest BCUT2D eigenvalue weighted by Gasteiger charge is 2.15. The topological polar surface area (TPSA) is 105 Å². The van der Waals surface area contributed by atoms with Crippen molar-refractivity contribution in [3.63, 3.8) is 0 Å². The van der Waals surface area contributed by atoms with E-state index in [1.165, 1.54) is 6.07 Å². The summed E-state index contributed by atoms with van der Waals surface area (Å²) in [6.45, 7) is 5.73. The minimum Gasteiger partial charge on any atom is -0.396 e. The number of hydrogen-bond acceptors (Lipinski definition) is 6. The van der Waals surface area contributed by atoms with Gasteiger partial charge in [0.25, 0.3) is 5.69 Å². The maximum Gasteiger partial charge on any atom is 0.293 e. The second-order valence-electron chi connectivity index (χ2n) is 4.89. The number of nitrogens with zero attached hydrogens (tertiary/aromatic N) is 2. The molecule has 0 aromatic heterocycles. The Hall–Kier alpha value is -1.70. The average Bonchev–Trinajstić information content (AvgIpc) is 2.42. The second kappa shape index (κ2) is 7.78. The van der Waals surface area contributed by atoms with Crippen molar-refractivity contribution in [2.45, 2.75) is 32.9 Å². The number of nitrogen functional groups attached to an aromatic ring is 1. The molecule has 1 aromatic rings. The first kappa shape index (κ1) is 16.4. The van der Waals surface area contributed by atoms with Gasteiger partial charge in [-0.05, 0) is 31.9 Å². The van der Waals surface area contributed by atoms with Gasteiger partial charge in [0.1, 0.15) is 5.69 Å². The summed E-state index contributed by atoms with van der Waals surface area (Å²) >= 11 is 0. The highest BCUT2D eigenvalue weighted by atomic mass is 16.6. The number of nitrogens with one attached hydrogen (secondary N) is 1. The Balaban J connectivity index is 2.87. The van der Waals surface area contributed by atoms with Crippen LogP contribution in [-0.2, 0) is 6.54 Å². The molecule has 4 N–H and O–H groups in total. The van der Waals surface area contributed by atoms with Crippen LogP contribution in [0.3, 0.4) is 0 Å². The van der Waals surface area contributed by atoms with Gasteiger partial charge in [0, 0.05) is 31.8 Å². The SMILES string of the molecule is CC(C)N(CCCO)Cc1ccc([N+](=O)[O-])c(NN)c1. The van der Waals surface area contributed by atoms with Crippen LogP contribution in [0.25, 0.3) is 0 Å². The molecule has 0 bridgehead atoms. The smallest absolute Gasteiger partial charge is 0.293 e. The van der Waals surface area contributed by atoms with Gasteiger partial charge in [-0.15, -0.1) is 0 Å². The first-order valence-corrected chi connectivity index (χ1v) is 6.58. The van der Waals surface area contributed by atoms with E-state index in [0.717, 1.165) is 12.1 Å². The molecule has 0 heterocycles. The van der Waals surface area contributed by atoms with Gasteiger partial charge < -0.3 is 10.5 Å². The van der Waals surface area contributed by atoms with E-state index in [0.29, 0.717) is 24.7 Å². The highest BCUT2D eigenvalue weighted by Crippen LogP contribution is 2.25. The number of nitrogens with two attached hydrogens (primary N) is 1. The average molecular weight is 282 g/mol. The Morgan fingerprint density at radius 2 is 2.20 bits per heavy atom. The zero-order valence-corrected chi connectivity index (χ0v) is 11.9. The Morgan fingerprint density at radius 1 is 1.50 bits per heavy atom. The van der Waals surface area contributed by atoms with E-state index in [-0.39, 0.29) is 12.3 Å². The molecular weight excluding hydrogens is 260 g/mol. The van der Waals surface area contributed by atoms with E-state index in [1.54, 1.807) is 12.1 Å². The summed E-state index contributed by atoms with van der Waals surface area (Å²) in [5, 5.41) is 19.8. The van der Waals surface area contributed by atoms with E-state index in [4.69, 9.17) is 10.9 Å². The molecule has 7 nitrogen and oxygen atoms in total. The molecule has 1 rings (SSSR count). The molecule has 0 saturated heterocycles. The zero-order chi connectivity index (χ0) is 15.1. The van der Waals surface area contributed by atoms with Crippen LogP contribution in [0.5, 0.6) is 0 Å². The van der Waals surface area contributed by atoms with Crippen molar-refractivity contribution in [1.82, 2.24) is 4.90 Å². The van der Waals surface area contributed by atoms with E-state index in [2.05, 4.69) is 24.2 Å². The molecule has 0 fully saturated rings. The van der Waals surface area contributed by atoms with E-state index in [9.17, 15) is 10.1 Å². The summed E-state index contributed by atoms with van der Waals surface area (Å²) in [6.07, 6.45) is 0.702. The molecule has 0 spiro atoms. The van der Waals surface area contributed by atoms with Crippen molar-refractivity contribution in [1.29, 1.82) is 0 Å². The van der Waals surface area contributed by atoms with Crippen molar-refractivity contribution in [2.24, 2.45) is 5.84 Å². The van der Waals surface area contributed by atoms with E-state index >= 15 is 0 Å². The molecule has 0 atom stereocenters. The monoisotopic (exact) mass is 282 g/mol. The van der Waals surface area contributed by atoms with Crippen molar-refractivity contribution in [3.8, 4) is 0 Å². The molecule has 0 unspecified atom stereocenters. The lowest BCUT2D eigenvalue weighted by atomic mass is 10.1. The van der Waals surface area contributed by atoms with Gasteiger partial charge in [0.05, 0.1) is 4.92 Å². The van der Waals surface area contributed by atoms with Crippen LogP contribution >= 0.6 is 0 Å². The molecule has 0 amide bonds.